The summed E-state index contributed by atoms with van der Waals surface area (Å²) < 4.78 is 8.70. The van der Waals surface area contributed by atoms with Gasteiger partial charge in [-0.2, -0.15) is 0 Å². The van der Waals surface area contributed by atoms with E-state index < -0.39 is 0 Å². The minimum Gasteiger partial charge on any atom is -0.456 e. The van der Waals surface area contributed by atoms with E-state index >= 15 is 0 Å². The number of hydrogen-bond donors (Lipinski definition) is 0. The van der Waals surface area contributed by atoms with Crippen LogP contribution in [-0.2, 0) is 6.42 Å². The maximum Gasteiger partial charge on any atom is 0.164 e. The molecule has 5 heteroatoms. The van der Waals surface area contributed by atoms with E-state index in [1.165, 1.54) is 72.0 Å². The van der Waals surface area contributed by atoms with Gasteiger partial charge >= 0.3 is 0 Å². The van der Waals surface area contributed by atoms with E-state index in [9.17, 15) is 0 Å². The van der Waals surface area contributed by atoms with E-state index in [0.717, 1.165) is 57.9 Å². The molecule has 0 aliphatic heterocycles. The Labute approximate surface area is 364 Å². The van der Waals surface area contributed by atoms with Crippen LogP contribution in [0.4, 0.5) is 0 Å². The van der Waals surface area contributed by atoms with Crippen LogP contribution >= 0.6 is 0 Å². The summed E-state index contributed by atoms with van der Waals surface area (Å²) in [6, 6.07) is 64.7. The van der Waals surface area contributed by atoms with Gasteiger partial charge in [0.2, 0.25) is 0 Å². The molecule has 0 amide bonds. The van der Waals surface area contributed by atoms with Crippen molar-refractivity contribution in [3.8, 4) is 51.0 Å². The highest BCUT2D eigenvalue weighted by Crippen LogP contribution is 2.46. The predicted octanol–water partition coefficient (Wildman–Crippen LogP) is 14.7. The van der Waals surface area contributed by atoms with Gasteiger partial charge in [0.15, 0.2) is 17.5 Å². The molecule has 3 aromatic heterocycles. The van der Waals surface area contributed by atoms with Gasteiger partial charge < -0.3 is 8.98 Å². The van der Waals surface area contributed by atoms with Gasteiger partial charge in [-0.3, -0.25) is 0 Å². The van der Waals surface area contributed by atoms with Gasteiger partial charge in [-0.15, -0.1) is 0 Å². The van der Waals surface area contributed by atoms with Crippen LogP contribution in [0.2, 0.25) is 0 Å². The summed E-state index contributed by atoms with van der Waals surface area (Å²) in [6.45, 7) is 0. The van der Waals surface area contributed by atoms with Gasteiger partial charge in [0.25, 0.3) is 0 Å². The number of nitrogens with zero attached hydrogens (tertiary/aromatic N) is 4. The summed E-state index contributed by atoms with van der Waals surface area (Å²) in [6.07, 6.45) is 7.73. The molecule has 2 aliphatic carbocycles. The number of fused-ring (bicyclic) bond motifs is 9. The molecule has 0 atom stereocenters. The van der Waals surface area contributed by atoms with Crippen LogP contribution in [0.25, 0.3) is 106 Å². The van der Waals surface area contributed by atoms with Gasteiger partial charge in [-0.25, -0.2) is 15.0 Å². The molecule has 3 heterocycles. The number of hydrogen-bond acceptors (Lipinski definition) is 4. The molecule has 296 valence electrons. The first-order chi connectivity index (χ1) is 31.2. The maximum atomic E-state index is 6.31. The summed E-state index contributed by atoms with van der Waals surface area (Å²) in [7, 11) is 0. The lowest BCUT2D eigenvalue weighted by atomic mass is 9.85. The zero-order valence-electron chi connectivity index (χ0n) is 34.3. The third-order valence-electron chi connectivity index (χ3n) is 12.9. The maximum absolute atomic E-state index is 6.31. The average molecular weight is 807 g/mol. The summed E-state index contributed by atoms with van der Waals surface area (Å²) >= 11 is 0. The van der Waals surface area contributed by atoms with Crippen molar-refractivity contribution in [2.45, 2.75) is 19.3 Å². The summed E-state index contributed by atoms with van der Waals surface area (Å²) in [4.78, 5) is 15.6. The van der Waals surface area contributed by atoms with Gasteiger partial charge in [0.1, 0.15) is 11.2 Å². The average Bonchev–Trinajstić information content (AvgIpc) is 4.03. The molecule has 0 bridgehead atoms. The largest absolute Gasteiger partial charge is 0.456 e. The van der Waals surface area contributed by atoms with E-state index in [0.29, 0.717) is 17.5 Å². The number of para-hydroxylation sites is 3. The SMILES string of the molecule is C1=C(c2ccc3c(c2)-c2c(cccc2-c2nc(-c4ccccc4)nc(-c4ccc5c(c4)oc4ccccc45)n2)C3)C(c2ccc3c(c2)c2ccccc2n3-c2ccccc2)=CCC1. The molecule has 13 rings (SSSR count). The predicted molar refractivity (Wildman–Crippen MR) is 258 cm³/mol. The highest BCUT2D eigenvalue weighted by Gasteiger charge is 2.26. The minimum absolute atomic E-state index is 0.608. The second-order valence-electron chi connectivity index (χ2n) is 16.6. The van der Waals surface area contributed by atoms with E-state index in [1.54, 1.807) is 0 Å². The quantitative estimate of drug-likeness (QED) is 0.168. The standard InChI is InChI=1S/C58H38N4O/c1-3-14-36(15-4-1)56-59-57(41-28-30-47-46-22-10-12-25-53(46)63-54(47)35-41)61-58(60-56)48-23-13-16-40-32-37-26-27-38(33-49(37)55(40)48)43-19-7-8-20-44(43)39-29-31-52-50(34-39)45-21-9-11-24-51(45)62(52)42-17-5-2-6-18-42/h1-6,9-31,33-35H,7-8,32H2. The van der Waals surface area contributed by atoms with Crippen molar-refractivity contribution >= 4 is 54.9 Å². The van der Waals surface area contributed by atoms with Gasteiger partial charge in [-0.05, 0) is 118 Å². The third kappa shape index (κ3) is 5.81. The van der Waals surface area contributed by atoms with Crippen molar-refractivity contribution in [2.75, 3.05) is 0 Å². The van der Waals surface area contributed by atoms with Crippen LogP contribution in [0.5, 0.6) is 0 Å². The topological polar surface area (TPSA) is 56.7 Å². The molecule has 0 saturated heterocycles. The van der Waals surface area contributed by atoms with E-state index in [-0.39, 0.29) is 0 Å². The number of benzene rings is 8. The number of rotatable bonds is 6. The highest BCUT2D eigenvalue weighted by molar-refractivity contribution is 6.13. The van der Waals surface area contributed by atoms with E-state index in [1.807, 2.05) is 36.4 Å². The second-order valence-corrected chi connectivity index (χ2v) is 16.6. The Kier molecular flexibility index (Phi) is 8.03. The number of aromatic nitrogens is 4. The fourth-order valence-electron chi connectivity index (χ4n) is 10.0. The minimum atomic E-state index is 0.608. The van der Waals surface area contributed by atoms with Gasteiger partial charge in [0.05, 0.1) is 11.0 Å². The highest BCUT2D eigenvalue weighted by atomic mass is 16.3. The van der Waals surface area contributed by atoms with Crippen molar-refractivity contribution < 1.29 is 4.42 Å². The molecular weight excluding hydrogens is 769 g/mol. The number of allylic oxidation sites excluding steroid dienone is 4. The Morgan fingerprint density at radius 2 is 1.05 bits per heavy atom. The lowest BCUT2D eigenvalue weighted by Crippen LogP contribution is -2.01. The second kappa shape index (κ2) is 14.2. The molecule has 63 heavy (non-hydrogen) atoms. The lowest BCUT2D eigenvalue weighted by Gasteiger charge is -2.19. The molecule has 11 aromatic rings. The van der Waals surface area contributed by atoms with Crippen LogP contribution in [-0.4, -0.2) is 19.5 Å². The first-order valence-corrected chi connectivity index (χ1v) is 21.7. The van der Waals surface area contributed by atoms with Crippen LogP contribution < -0.4 is 0 Å². The first-order valence-electron chi connectivity index (χ1n) is 21.7. The van der Waals surface area contributed by atoms with Crippen molar-refractivity contribution in [2.24, 2.45) is 0 Å². The van der Waals surface area contributed by atoms with Gasteiger partial charge in [0, 0.05) is 43.9 Å². The van der Waals surface area contributed by atoms with Gasteiger partial charge in [-0.1, -0.05) is 140 Å². The van der Waals surface area contributed by atoms with Crippen LogP contribution in [0.1, 0.15) is 35.1 Å². The zero-order chi connectivity index (χ0) is 41.4. The molecule has 0 spiro atoms. The Balaban J connectivity index is 0.920. The monoisotopic (exact) mass is 806 g/mol. The fraction of sp³-hybridized carbons (Fsp3) is 0.0517. The fourth-order valence-corrected chi connectivity index (χ4v) is 10.0. The molecule has 5 nitrogen and oxygen atoms in total. The smallest absolute Gasteiger partial charge is 0.164 e. The normalized spacial score (nSPS) is 13.4. The molecular formula is C58H38N4O. The Hall–Kier alpha value is -8.15. The van der Waals surface area contributed by atoms with Crippen molar-refractivity contribution in [1.29, 1.82) is 0 Å². The first kappa shape index (κ1) is 35.6. The summed E-state index contributed by atoms with van der Waals surface area (Å²) in [5, 5.41) is 4.68. The lowest BCUT2D eigenvalue weighted by molar-refractivity contribution is 0.669. The number of furan rings is 1. The van der Waals surface area contributed by atoms with E-state index in [4.69, 9.17) is 19.4 Å². The van der Waals surface area contributed by atoms with Crippen LogP contribution in [0.3, 0.4) is 0 Å². The molecule has 8 aromatic carbocycles. The van der Waals surface area contributed by atoms with Crippen molar-refractivity contribution in [3.05, 3.63) is 216 Å². The Bertz CT molecular complexity index is 3700. The van der Waals surface area contributed by atoms with E-state index in [2.05, 4.69) is 162 Å². The molecule has 2 aliphatic rings. The zero-order valence-corrected chi connectivity index (χ0v) is 34.3. The Morgan fingerprint density at radius 3 is 1.89 bits per heavy atom. The third-order valence-corrected chi connectivity index (χ3v) is 12.9. The van der Waals surface area contributed by atoms with Crippen molar-refractivity contribution in [3.63, 3.8) is 0 Å². The molecule has 0 fully saturated rings. The molecule has 0 radical (unpaired) electrons. The Morgan fingerprint density at radius 1 is 0.397 bits per heavy atom. The summed E-state index contributed by atoms with van der Waals surface area (Å²) in [5.74, 6) is 1.90. The summed E-state index contributed by atoms with van der Waals surface area (Å²) in [5.41, 5.74) is 18.1. The molecule has 0 unspecified atom stereocenters. The van der Waals surface area contributed by atoms with Crippen LogP contribution in [0, 0.1) is 0 Å². The molecule has 0 N–H and O–H groups in total. The van der Waals surface area contributed by atoms with Crippen molar-refractivity contribution in [1.82, 2.24) is 19.5 Å². The van der Waals surface area contributed by atoms with Crippen LogP contribution in [0.15, 0.2) is 199 Å². The molecule has 0 saturated carbocycles.